The SMILES string of the molecule is CCOC(=O)Cc1nncc2ccc(Cl)cc12.O=C(O)C(C(=O)O)c1nncc2ccc(Cl)cc12. The molecule has 0 fully saturated rings. The van der Waals surface area contributed by atoms with Crippen LogP contribution in [0.25, 0.3) is 21.5 Å². The largest absolute Gasteiger partial charge is 0.480 e. The number of carbonyl (C=O) groups is 3. The van der Waals surface area contributed by atoms with Gasteiger partial charge in [-0.15, -0.1) is 0 Å². The molecule has 0 bridgehead atoms. The summed E-state index contributed by atoms with van der Waals surface area (Å²) >= 11 is 11.7. The number of hydrogen-bond donors (Lipinski definition) is 2. The minimum absolute atomic E-state index is 0.110. The van der Waals surface area contributed by atoms with Gasteiger partial charge in [-0.05, 0) is 31.2 Å². The molecule has 0 aliphatic carbocycles. The van der Waals surface area contributed by atoms with E-state index in [0.717, 1.165) is 10.8 Å². The van der Waals surface area contributed by atoms with E-state index < -0.39 is 17.9 Å². The predicted octanol–water partition coefficient (Wildman–Crippen LogP) is 3.92. The molecule has 2 aromatic carbocycles. The Labute approximate surface area is 208 Å². The van der Waals surface area contributed by atoms with E-state index in [-0.39, 0.29) is 18.1 Å². The molecule has 0 amide bonds. The molecule has 180 valence electrons. The lowest BCUT2D eigenvalue weighted by atomic mass is 10.0. The van der Waals surface area contributed by atoms with Crippen molar-refractivity contribution in [3.63, 3.8) is 0 Å². The van der Waals surface area contributed by atoms with Gasteiger partial charge in [0.25, 0.3) is 0 Å². The zero-order chi connectivity index (χ0) is 25.5. The van der Waals surface area contributed by atoms with Gasteiger partial charge in [0, 0.05) is 31.6 Å². The van der Waals surface area contributed by atoms with E-state index in [2.05, 4.69) is 20.4 Å². The van der Waals surface area contributed by atoms with Crippen LogP contribution < -0.4 is 0 Å². The fourth-order valence-electron chi connectivity index (χ4n) is 3.21. The Kier molecular flexibility index (Phi) is 8.45. The second-order valence-electron chi connectivity index (χ2n) is 7.08. The van der Waals surface area contributed by atoms with Crippen LogP contribution in [0, 0.1) is 0 Å². The molecule has 0 spiro atoms. The topological polar surface area (TPSA) is 152 Å². The van der Waals surface area contributed by atoms with Gasteiger partial charge in [-0.3, -0.25) is 14.4 Å². The van der Waals surface area contributed by atoms with Crippen molar-refractivity contribution in [3.05, 3.63) is 70.2 Å². The van der Waals surface area contributed by atoms with Crippen LogP contribution in [0.15, 0.2) is 48.8 Å². The van der Waals surface area contributed by atoms with E-state index in [1.807, 2.05) is 6.07 Å². The van der Waals surface area contributed by atoms with Crippen molar-refractivity contribution in [3.8, 4) is 0 Å². The van der Waals surface area contributed by atoms with Crippen molar-refractivity contribution in [1.29, 1.82) is 0 Å². The second kappa shape index (κ2) is 11.5. The average molecular weight is 517 g/mol. The number of aliphatic carboxylic acids is 2. The maximum absolute atomic E-state index is 11.4. The number of halogens is 2. The molecule has 0 aliphatic rings. The molecular formula is C23H18Cl2N4O6. The van der Waals surface area contributed by atoms with Crippen LogP contribution in [0.5, 0.6) is 0 Å². The molecule has 0 aliphatic heterocycles. The summed E-state index contributed by atoms with van der Waals surface area (Å²) in [7, 11) is 0. The molecule has 4 aromatic rings. The summed E-state index contributed by atoms with van der Waals surface area (Å²) in [6.45, 7) is 2.13. The minimum Gasteiger partial charge on any atom is -0.480 e. The van der Waals surface area contributed by atoms with Crippen LogP contribution in [-0.4, -0.2) is 55.1 Å². The normalized spacial score (nSPS) is 10.6. The van der Waals surface area contributed by atoms with E-state index in [4.69, 9.17) is 38.2 Å². The predicted molar refractivity (Wildman–Crippen MR) is 127 cm³/mol. The van der Waals surface area contributed by atoms with E-state index >= 15 is 0 Å². The molecule has 0 atom stereocenters. The van der Waals surface area contributed by atoms with Crippen LogP contribution >= 0.6 is 23.2 Å². The Morgan fingerprint density at radius 2 is 1.43 bits per heavy atom. The van der Waals surface area contributed by atoms with Crippen LogP contribution in [0.4, 0.5) is 0 Å². The molecule has 35 heavy (non-hydrogen) atoms. The van der Waals surface area contributed by atoms with Crippen molar-refractivity contribution in [2.24, 2.45) is 0 Å². The van der Waals surface area contributed by atoms with Gasteiger partial charge in [-0.2, -0.15) is 20.4 Å². The van der Waals surface area contributed by atoms with Crippen molar-refractivity contribution in [2.45, 2.75) is 19.3 Å². The molecular weight excluding hydrogens is 499 g/mol. The summed E-state index contributed by atoms with van der Waals surface area (Å²) in [5, 5.41) is 36.6. The summed E-state index contributed by atoms with van der Waals surface area (Å²) in [6.07, 6.45) is 3.16. The summed E-state index contributed by atoms with van der Waals surface area (Å²) in [4.78, 5) is 33.4. The summed E-state index contributed by atoms with van der Waals surface area (Å²) in [5.41, 5.74) is 0.457. The van der Waals surface area contributed by atoms with Gasteiger partial charge in [0.15, 0.2) is 5.92 Å². The lowest BCUT2D eigenvalue weighted by molar-refractivity contribution is -0.150. The highest BCUT2D eigenvalue weighted by atomic mass is 35.5. The number of nitrogens with zero attached hydrogens (tertiary/aromatic N) is 4. The minimum atomic E-state index is -1.76. The summed E-state index contributed by atoms with van der Waals surface area (Å²) in [5.74, 6) is -5.07. The highest BCUT2D eigenvalue weighted by Gasteiger charge is 2.31. The number of aromatic nitrogens is 4. The molecule has 12 heteroatoms. The number of rotatable bonds is 6. The standard InChI is InChI=1S/C12H11ClN2O2.C11H7ClN2O4/c1-2-17-12(16)6-11-10-5-9(13)4-3-8(10)7-14-15-11;12-6-2-1-5-4-13-14-9(7(5)3-6)8(10(15)16)11(17)18/h3-5,7H,2,6H2,1H3;1-4,8H,(H,15,16)(H,17,18). The molecule has 10 nitrogen and oxygen atoms in total. The number of fused-ring (bicyclic) bond motifs is 2. The first-order chi connectivity index (χ1) is 16.7. The zero-order valence-corrected chi connectivity index (χ0v) is 19.7. The van der Waals surface area contributed by atoms with E-state index in [1.165, 1.54) is 12.3 Å². The van der Waals surface area contributed by atoms with Crippen molar-refractivity contribution in [1.82, 2.24) is 20.4 Å². The first-order valence-electron chi connectivity index (χ1n) is 10.1. The number of esters is 1. The van der Waals surface area contributed by atoms with Crippen molar-refractivity contribution >= 4 is 62.7 Å². The third-order valence-corrected chi connectivity index (χ3v) is 5.21. The van der Waals surface area contributed by atoms with E-state index in [9.17, 15) is 14.4 Å². The van der Waals surface area contributed by atoms with Crippen LogP contribution in [0.3, 0.4) is 0 Å². The quantitative estimate of drug-likeness (QED) is 0.284. The molecule has 0 saturated carbocycles. The van der Waals surface area contributed by atoms with Crippen molar-refractivity contribution < 1.29 is 29.3 Å². The van der Waals surface area contributed by atoms with Crippen LogP contribution in [-0.2, 0) is 25.5 Å². The Balaban J connectivity index is 0.000000196. The molecule has 4 rings (SSSR count). The number of carboxylic acids is 2. The highest BCUT2D eigenvalue weighted by Crippen LogP contribution is 2.26. The maximum Gasteiger partial charge on any atom is 0.324 e. The van der Waals surface area contributed by atoms with Crippen LogP contribution in [0.2, 0.25) is 10.0 Å². The molecule has 2 heterocycles. The summed E-state index contributed by atoms with van der Waals surface area (Å²) in [6, 6.07) is 10.1. The number of hydrogen-bond acceptors (Lipinski definition) is 8. The molecule has 0 unspecified atom stereocenters. The molecule has 0 radical (unpaired) electrons. The third-order valence-electron chi connectivity index (χ3n) is 4.74. The van der Waals surface area contributed by atoms with Gasteiger partial charge in [-0.25, -0.2) is 0 Å². The Morgan fingerprint density at radius 1 is 0.886 bits per heavy atom. The third kappa shape index (κ3) is 6.37. The fourth-order valence-corrected chi connectivity index (χ4v) is 3.55. The van der Waals surface area contributed by atoms with E-state index in [0.29, 0.717) is 33.1 Å². The zero-order valence-electron chi connectivity index (χ0n) is 18.2. The lowest BCUT2D eigenvalue weighted by Crippen LogP contribution is -2.22. The van der Waals surface area contributed by atoms with Gasteiger partial charge in [-0.1, -0.05) is 35.3 Å². The maximum atomic E-state index is 11.4. The van der Waals surface area contributed by atoms with Gasteiger partial charge in [0.1, 0.15) is 0 Å². The smallest absolute Gasteiger partial charge is 0.324 e. The van der Waals surface area contributed by atoms with Gasteiger partial charge < -0.3 is 14.9 Å². The van der Waals surface area contributed by atoms with Crippen LogP contribution in [0.1, 0.15) is 24.2 Å². The molecule has 2 aromatic heterocycles. The fraction of sp³-hybridized carbons (Fsp3) is 0.174. The first kappa shape index (κ1) is 25.7. The monoisotopic (exact) mass is 516 g/mol. The number of carboxylic acid groups (broad SMARTS) is 2. The molecule has 0 saturated heterocycles. The number of ether oxygens (including phenoxy) is 1. The second-order valence-corrected chi connectivity index (χ2v) is 7.95. The first-order valence-corrected chi connectivity index (χ1v) is 10.9. The Bertz CT molecular complexity index is 1400. The number of carbonyl (C=O) groups excluding carboxylic acids is 1. The average Bonchev–Trinajstić information content (AvgIpc) is 2.80. The number of benzene rings is 2. The lowest BCUT2D eigenvalue weighted by Gasteiger charge is -2.09. The Morgan fingerprint density at radius 3 is 2.00 bits per heavy atom. The van der Waals surface area contributed by atoms with Gasteiger partial charge in [0.05, 0.1) is 36.8 Å². The van der Waals surface area contributed by atoms with Gasteiger partial charge in [0.2, 0.25) is 0 Å². The highest BCUT2D eigenvalue weighted by molar-refractivity contribution is 6.31. The summed E-state index contributed by atoms with van der Waals surface area (Å²) < 4.78 is 4.89. The van der Waals surface area contributed by atoms with E-state index in [1.54, 1.807) is 37.4 Å². The van der Waals surface area contributed by atoms with Gasteiger partial charge >= 0.3 is 17.9 Å². The Hall–Kier alpha value is -3.89. The molecule has 2 N–H and O–H groups in total. The van der Waals surface area contributed by atoms with Crippen molar-refractivity contribution in [2.75, 3.05) is 6.61 Å².